The molecule has 0 amide bonds. The quantitative estimate of drug-likeness (QED) is 0.177. The first kappa shape index (κ1) is 27.0. The maximum atomic E-state index is 2.50. The highest BCUT2D eigenvalue weighted by atomic mass is 32.2. The molecule has 1 aliphatic heterocycles. The molecule has 0 fully saturated rings. The molecular weight excluding hydrogens is 575 g/mol. The minimum atomic E-state index is -0.528. The minimum Gasteiger partial charge on any atom is -0.309 e. The smallest absolute Gasteiger partial charge is 0.0753 e. The summed E-state index contributed by atoms with van der Waals surface area (Å²) in [4.78, 5) is 1.29. The highest BCUT2D eigenvalue weighted by molar-refractivity contribution is 7.98. The molecule has 0 bridgehead atoms. The SMILES string of the molecule is CSc1ccccc1C1(c2cccc(-c3ccc(-c4ccccc4)cc3)c2)c2ccccc2-n2c3ccccc3c3cccc1c32. The lowest BCUT2D eigenvalue weighted by molar-refractivity contribution is 0.712. The van der Waals surface area contributed by atoms with E-state index < -0.39 is 5.41 Å². The van der Waals surface area contributed by atoms with Gasteiger partial charge in [0.05, 0.1) is 22.1 Å². The zero-order valence-electron chi connectivity index (χ0n) is 25.5. The standard InChI is InChI=1S/C44H31NS/c1-46-42-24-10-7-20-38(42)44(34-16-11-15-33(29-34)32-27-25-31(26-28-32)30-13-3-2-4-14-30)37-19-6-9-23-41(37)45-40-22-8-5-17-35(40)36-18-12-21-39(44)43(36)45/h2-29H,1H3. The summed E-state index contributed by atoms with van der Waals surface area (Å²) in [5, 5.41) is 2.58. The Labute approximate surface area is 273 Å². The molecule has 0 saturated heterocycles. The minimum absolute atomic E-state index is 0.528. The van der Waals surface area contributed by atoms with Crippen LogP contribution in [0.4, 0.5) is 0 Å². The summed E-state index contributed by atoms with van der Waals surface area (Å²) < 4.78 is 2.50. The Hall–Kier alpha value is -5.31. The Morgan fingerprint density at radius 1 is 0.457 bits per heavy atom. The van der Waals surface area contributed by atoms with Gasteiger partial charge in [-0.15, -0.1) is 11.8 Å². The average molecular weight is 606 g/mol. The number of aromatic nitrogens is 1. The Kier molecular flexibility index (Phi) is 6.26. The lowest BCUT2D eigenvalue weighted by atomic mass is 9.63. The van der Waals surface area contributed by atoms with E-state index in [2.05, 4.69) is 181 Å². The average Bonchev–Trinajstić information content (AvgIpc) is 3.48. The van der Waals surface area contributed by atoms with Crippen molar-refractivity contribution in [3.8, 4) is 27.9 Å². The molecule has 8 aromatic rings. The van der Waals surface area contributed by atoms with E-state index in [4.69, 9.17) is 0 Å². The van der Waals surface area contributed by atoms with E-state index in [1.165, 1.54) is 76.9 Å². The van der Waals surface area contributed by atoms with Crippen LogP contribution in [0.3, 0.4) is 0 Å². The molecule has 0 N–H and O–H groups in total. The number of nitrogens with zero attached hydrogens (tertiary/aromatic N) is 1. The second-order valence-corrected chi connectivity index (χ2v) is 12.9. The Bertz CT molecular complexity index is 2400. The zero-order valence-corrected chi connectivity index (χ0v) is 26.3. The predicted molar refractivity (Wildman–Crippen MR) is 195 cm³/mol. The first-order valence-electron chi connectivity index (χ1n) is 15.8. The fraction of sp³-hybridized carbons (Fsp3) is 0.0455. The van der Waals surface area contributed by atoms with Crippen molar-refractivity contribution >= 4 is 33.6 Å². The van der Waals surface area contributed by atoms with Crippen LogP contribution in [-0.4, -0.2) is 10.8 Å². The summed E-state index contributed by atoms with van der Waals surface area (Å²) in [7, 11) is 0. The number of hydrogen-bond acceptors (Lipinski definition) is 1. The molecular formula is C44H31NS. The highest BCUT2D eigenvalue weighted by Gasteiger charge is 2.46. The summed E-state index contributed by atoms with van der Waals surface area (Å²) in [5.41, 5.74) is 13.3. The van der Waals surface area contributed by atoms with Gasteiger partial charge in [-0.25, -0.2) is 0 Å². The number of rotatable bonds is 5. The van der Waals surface area contributed by atoms with Crippen LogP contribution in [0.1, 0.15) is 22.3 Å². The first-order valence-corrected chi connectivity index (χ1v) is 17.0. The van der Waals surface area contributed by atoms with Gasteiger partial charge in [-0.3, -0.25) is 0 Å². The van der Waals surface area contributed by atoms with Gasteiger partial charge in [-0.1, -0.05) is 146 Å². The van der Waals surface area contributed by atoms with Crippen LogP contribution in [0.2, 0.25) is 0 Å². The fourth-order valence-electron chi connectivity index (χ4n) is 7.83. The molecule has 9 rings (SSSR count). The lowest BCUT2D eigenvalue weighted by Crippen LogP contribution is -2.36. The van der Waals surface area contributed by atoms with E-state index in [1.807, 2.05) is 11.8 Å². The van der Waals surface area contributed by atoms with E-state index in [9.17, 15) is 0 Å². The summed E-state index contributed by atoms with van der Waals surface area (Å²) in [6, 6.07) is 62.7. The molecule has 2 heterocycles. The van der Waals surface area contributed by atoms with Gasteiger partial charge in [-0.05, 0) is 75.0 Å². The second kappa shape index (κ2) is 10.7. The molecule has 0 radical (unpaired) electrons. The summed E-state index contributed by atoms with van der Waals surface area (Å²) in [5.74, 6) is 0. The summed E-state index contributed by atoms with van der Waals surface area (Å²) >= 11 is 1.83. The van der Waals surface area contributed by atoms with Gasteiger partial charge in [0, 0.05) is 15.7 Å². The molecule has 46 heavy (non-hydrogen) atoms. The number of para-hydroxylation sites is 3. The van der Waals surface area contributed by atoms with Crippen molar-refractivity contribution in [2.75, 3.05) is 6.26 Å². The predicted octanol–water partition coefficient (Wildman–Crippen LogP) is 11.5. The number of thioether (sulfide) groups is 1. The fourth-order valence-corrected chi connectivity index (χ4v) is 8.49. The topological polar surface area (TPSA) is 4.93 Å². The summed E-state index contributed by atoms with van der Waals surface area (Å²) in [6.07, 6.45) is 2.20. The van der Waals surface area contributed by atoms with Crippen LogP contribution >= 0.6 is 11.8 Å². The van der Waals surface area contributed by atoms with E-state index in [0.29, 0.717) is 0 Å². The molecule has 1 nitrogen and oxygen atoms in total. The lowest BCUT2D eigenvalue weighted by Gasteiger charge is -2.42. The van der Waals surface area contributed by atoms with E-state index in [0.717, 1.165) is 0 Å². The van der Waals surface area contributed by atoms with Gasteiger partial charge >= 0.3 is 0 Å². The third kappa shape index (κ3) is 3.84. The van der Waals surface area contributed by atoms with Gasteiger partial charge in [0.25, 0.3) is 0 Å². The molecule has 1 aliphatic rings. The highest BCUT2D eigenvalue weighted by Crippen LogP contribution is 2.55. The molecule has 1 atom stereocenters. The number of fused-ring (bicyclic) bond motifs is 5. The second-order valence-electron chi connectivity index (χ2n) is 12.0. The van der Waals surface area contributed by atoms with Crippen molar-refractivity contribution in [1.29, 1.82) is 0 Å². The Morgan fingerprint density at radius 2 is 1.04 bits per heavy atom. The van der Waals surface area contributed by atoms with Gasteiger partial charge in [-0.2, -0.15) is 0 Å². The van der Waals surface area contributed by atoms with Crippen molar-refractivity contribution in [3.63, 3.8) is 0 Å². The number of benzene rings is 7. The Balaban J connectivity index is 1.37. The normalized spacial score (nSPS) is 15.2. The van der Waals surface area contributed by atoms with Crippen molar-refractivity contribution in [1.82, 2.24) is 4.57 Å². The van der Waals surface area contributed by atoms with E-state index >= 15 is 0 Å². The first-order chi connectivity index (χ1) is 22.8. The van der Waals surface area contributed by atoms with Gasteiger partial charge in [0.1, 0.15) is 0 Å². The van der Waals surface area contributed by atoms with Crippen LogP contribution in [0, 0.1) is 0 Å². The van der Waals surface area contributed by atoms with Crippen LogP contribution in [-0.2, 0) is 5.41 Å². The van der Waals surface area contributed by atoms with Crippen molar-refractivity contribution in [2.45, 2.75) is 10.3 Å². The number of hydrogen-bond donors (Lipinski definition) is 0. The van der Waals surface area contributed by atoms with Crippen molar-refractivity contribution < 1.29 is 0 Å². The maximum absolute atomic E-state index is 2.50. The monoisotopic (exact) mass is 605 g/mol. The zero-order chi connectivity index (χ0) is 30.7. The Morgan fingerprint density at radius 3 is 1.87 bits per heavy atom. The maximum Gasteiger partial charge on any atom is 0.0753 e. The van der Waals surface area contributed by atoms with E-state index in [-0.39, 0.29) is 0 Å². The molecule has 2 heteroatoms. The molecule has 0 spiro atoms. The van der Waals surface area contributed by atoms with Crippen molar-refractivity contribution in [3.05, 3.63) is 192 Å². The third-order valence-electron chi connectivity index (χ3n) is 9.78. The van der Waals surface area contributed by atoms with Crippen LogP contribution in [0.15, 0.2) is 175 Å². The van der Waals surface area contributed by atoms with E-state index in [1.54, 1.807) is 0 Å². The molecule has 1 aromatic heterocycles. The largest absolute Gasteiger partial charge is 0.309 e. The van der Waals surface area contributed by atoms with Crippen LogP contribution in [0.5, 0.6) is 0 Å². The van der Waals surface area contributed by atoms with Gasteiger partial charge in [0.15, 0.2) is 0 Å². The van der Waals surface area contributed by atoms with Gasteiger partial charge in [0.2, 0.25) is 0 Å². The third-order valence-corrected chi connectivity index (χ3v) is 10.6. The molecule has 0 aliphatic carbocycles. The molecule has 7 aromatic carbocycles. The molecule has 1 unspecified atom stereocenters. The van der Waals surface area contributed by atoms with Crippen LogP contribution < -0.4 is 0 Å². The van der Waals surface area contributed by atoms with Crippen LogP contribution in [0.25, 0.3) is 49.7 Å². The summed E-state index contributed by atoms with van der Waals surface area (Å²) in [6.45, 7) is 0. The van der Waals surface area contributed by atoms with Gasteiger partial charge < -0.3 is 4.57 Å². The molecule has 218 valence electrons. The molecule has 0 saturated carbocycles. The van der Waals surface area contributed by atoms with Crippen molar-refractivity contribution in [2.24, 2.45) is 0 Å².